The second-order valence-corrected chi connectivity index (χ2v) is 5.07. The molecule has 92 valence electrons. The maximum atomic E-state index is 11.9. The molecule has 0 bridgehead atoms. The standard InChI is InChI=1S/C13H12BrN3O/c1-8(4-5-15)16-13(18)12-6-9-2-3-10(14)7-11(9)17-12/h2-3,6-8,17H,4H2,1H3,(H,16,18)/t8-/m1/s1. The van der Waals surface area contributed by atoms with Gasteiger partial charge in [0.05, 0.1) is 12.5 Å². The van der Waals surface area contributed by atoms with Crippen LogP contribution in [0.4, 0.5) is 0 Å². The van der Waals surface area contributed by atoms with Gasteiger partial charge in [-0.25, -0.2) is 0 Å². The summed E-state index contributed by atoms with van der Waals surface area (Å²) in [5.74, 6) is -0.190. The van der Waals surface area contributed by atoms with Crippen LogP contribution in [0.1, 0.15) is 23.8 Å². The first-order chi connectivity index (χ1) is 8.60. The fourth-order valence-corrected chi connectivity index (χ4v) is 2.07. The highest BCUT2D eigenvalue weighted by atomic mass is 79.9. The molecular weight excluding hydrogens is 294 g/mol. The third-order valence-corrected chi connectivity index (χ3v) is 3.10. The fraction of sp³-hybridized carbons (Fsp3) is 0.231. The van der Waals surface area contributed by atoms with Gasteiger partial charge in [-0.1, -0.05) is 22.0 Å². The maximum absolute atomic E-state index is 11.9. The topological polar surface area (TPSA) is 68.7 Å². The minimum absolute atomic E-state index is 0.152. The van der Waals surface area contributed by atoms with Gasteiger partial charge in [0.25, 0.3) is 5.91 Å². The number of amides is 1. The van der Waals surface area contributed by atoms with E-state index < -0.39 is 0 Å². The number of aromatic nitrogens is 1. The van der Waals surface area contributed by atoms with Crippen molar-refractivity contribution in [2.45, 2.75) is 19.4 Å². The second kappa shape index (κ2) is 5.23. The molecule has 0 aliphatic carbocycles. The minimum Gasteiger partial charge on any atom is -0.350 e. The van der Waals surface area contributed by atoms with E-state index in [2.05, 4.69) is 26.2 Å². The normalized spacial score (nSPS) is 12.1. The lowest BCUT2D eigenvalue weighted by molar-refractivity contribution is 0.0936. The van der Waals surface area contributed by atoms with Gasteiger partial charge < -0.3 is 10.3 Å². The van der Waals surface area contributed by atoms with Crippen molar-refractivity contribution >= 4 is 32.7 Å². The molecule has 0 fully saturated rings. The van der Waals surface area contributed by atoms with Crippen molar-refractivity contribution in [3.8, 4) is 6.07 Å². The molecule has 1 aromatic carbocycles. The highest BCUT2D eigenvalue weighted by molar-refractivity contribution is 9.10. The number of hydrogen-bond acceptors (Lipinski definition) is 2. The van der Waals surface area contributed by atoms with E-state index in [0.717, 1.165) is 15.4 Å². The number of H-pyrrole nitrogens is 1. The predicted molar refractivity (Wildman–Crippen MR) is 73.2 cm³/mol. The van der Waals surface area contributed by atoms with Gasteiger partial charge in [-0.2, -0.15) is 5.26 Å². The van der Waals surface area contributed by atoms with Gasteiger partial charge in [0, 0.05) is 21.4 Å². The van der Waals surface area contributed by atoms with Crippen molar-refractivity contribution in [1.82, 2.24) is 10.3 Å². The van der Waals surface area contributed by atoms with E-state index >= 15 is 0 Å². The van der Waals surface area contributed by atoms with Crippen LogP contribution in [0.15, 0.2) is 28.7 Å². The number of nitrogens with zero attached hydrogens (tertiary/aromatic N) is 1. The van der Waals surface area contributed by atoms with E-state index in [1.807, 2.05) is 24.3 Å². The average molecular weight is 306 g/mol. The van der Waals surface area contributed by atoms with Gasteiger partial charge in [0.15, 0.2) is 0 Å². The number of hydrogen-bond donors (Lipinski definition) is 2. The van der Waals surface area contributed by atoms with E-state index in [4.69, 9.17) is 5.26 Å². The summed E-state index contributed by atoms with van der Waals surface area (Å²) < 4.78 is 0.960. The van der Waals surface area contributed by atoms with Crippen LogP contribution >= 0.6 is 15.9 Å². The molecule has 0 saturated heterocycles. The molecule has 0 unspecified atom stereocenters. The van der Waals surface area contributed by atoms with Crippen molar-refractivity contribution in [2.24, 2.45) is 0 Å². The zero-order valence-electron chi connectivity index (χ0n) is 9.83. The molecule has 0 aliphatic heterocycles. The summed E-state index contributed by atoms with van der Waals surface area (Å²) in [6.45, 7) is 1.81. The quantitative estimate of drug-likeness (QED) is 0.915. The molecule has 5 heteroatoms. The molecule has 1 aromatic heterocycles. The number of halogens is 1. The average Bonchev–Trinajstić information content (AvgIpc) is 2.72. The van der Waals surface area contributed by atoms with Crippen molar-refractivity contribution in [1.29, 1.82) is 5.26 Å². The first-order valence-electron chi connectivity index (χ1n) is 5.56. The maximum Gasteiger partial charge on any atom is 0.267 e. The molecule has 0 spiro atoms. The molecule has 1 atom stereocenters. The molecule has 18 heavy (non-hydrogen) atoms. The first-order valence-corrected chi connectivity index (χ1v) is 6.35. The number of benzene rings is 1. The zero-order valence-corrected chi connectivity index (χ0v) is 11.4. The summed E-state index contributed by atoms with van der Waals surface area (Å²) in [6, 6.07) is 9.46. The Balaban J connectivity index is 2.21. The summed E-state index contributed by atoms with van der Waals surface area (Å²) >= 11 is 3.38. The second-order valence-electron chi connectivity index (χ2n) is 4.15. The van der Waals surface area contributed by atoms with Crippen molar-refractivity contribution < 1.29 is 4.79 Å². The summed E-state index contributed by atoms with van der Waals surface area (Å²) in [7, 11) is 0. The van der Waals surface area contributed by atoms with Gasteiger partial charge >= 0.3 is 0 Å². The number of aromatic amines is 1. The van der Waals surface area contributed by atoms with E-state index in [-0.39, 0.29) is 11.9 Å². The molecule has 2 N–H and O–H groups in total. The molecule has 0 saturated carbocycles. The van der Waals surface area contributed by atoms with E-state index in [0.29, 0.717) is 12.1 Å². The Kier molecular flexibility index (Phi) is 3.68. The smallest absolute Gasteiger partial charge is 0.267 e. The van der Waals surface area contributed by atoms with Gasteiger partial charge in [0.1, 0.15) is 5.69 Å². The molecule has 2 rings (SSSR count). The molecule has 2 aromatic rings. The lowest BCUT2D eigenvalue weighted by Crippen LogP contribution is -2.32. The predicted octanol–water partition coefficient (Wildman–Crippen LogP) is 2.96. The van der Waals surface area contributed by atoms with Gasteiger partial charge in [-0.05, 0) is 25.1 Å². The van der Waals surface area contributed by atoms with Crippen LogP contribution in [0.25, 0.3) is 10.9 Å². The Morgan fingerprint density at radius 3 is 3.06 bits per heavy atom. The Hall–Kier alpha value is -1.80. The Morgan fingerprint density at radius 2 is 2.33 bits per heavy atom. The summed E-state index contributed by atoms with van der Waals surface area (Å²) in [5.41, 5.74) is 1.41. The van der Waals surface area contributed by atoms with Gasteiger partial charge in [-0.3, -0.25) is 4.79 Å². The van der Waals surface area contributed by atoms with Crippen LogP contribution in [0.2, 0.25) is 0 Å². The van der Waals surface area contributed by atoms with Crippen LogP contribution in [0, 0.1) is 11.3 Å². The van der Waals surface area contributed by atoms with Gasteiger partial charge in [0.2, 0.25) is 0 Å². The largest absolute Gasteiger partial charge is 0.350 e. The highest BCUT2D eigenvalue weighted by Crippen LogP contribution is 2.20. The molecular formula is C13H12BrN3O. The number of fused-ring (bicyclic) bond motifs is 1. The van der Waals surface area contributed by atoms with Crippen LogP contribution in [-0.2, 0) is 0 Å². The van der Waals surface area contributed by atoms with Crippen LogP contribution in [0.5, 0.6) is 0 Å². The first kappa shape index (κ1) is 12.7. The molecule has 0 aliphatic rings. The van der Waals surface area contributed by atoms with Crippen LogP contribution in [0.3, 0.4) is 0 Å². The number of carbonyl (C=O) groups excluding carboxylic acids is 1. The SMILES string of the molecule is C[C@H](CC#N)NC(=O)c1cc2ccc(Br)cc2[nH]1. The third-order valence-electron chi connectivity index (χ3n) is 2.60. The number of carbonyl (C=O) groups is 1. The highest BCUT2D eigenvalue weighted by Gasteiger charge is 2.12. The number of nitriles is 1. The minimum atomic E-state index is -0.190. The molecule has 1 heterocycles. The van der Waals surface area contributed by atoms with Crippen LogP contribution in [-0.4, -0.2) is 16.9 Å². The number of nitrogens with one attached hydrogen (secondary N) is 2. The van der Waals surface area contributed by atoms with Crippen molar-refractivity contribution in [3.05, 3.63) is 34.4 Å². The van der Waals surface area contributed by atoms with Crippen molar-refractivity contribution in [3.63, 3.8) is 0 Å². The monoisotopic (exact) mass is 305 g/mol. The summed E-state index contributed by atoms with van der Waals surface area (Å²) in [5, 5.41) is 12.3. The lowest BCUT2D eigenvalue weighted by atomic mass is 10.2. The third kappa shape index (κ3) is 2.71. The molecule has 0 radical (unpaired) electrons. The molecule has 1 amide bonds. The van der Waals surface area contributed by atoms with E-state index in [1.165, 1.54) is 0 Å². The van der Waals surface area contributed by atoms with Gasteiger partial charge in [-0.15, -0.1) is 0 Å². The Morgan fingerprint density at radius 1 is 1.56 bits per heavy atom. The molecule has 4 nitrogen and oxygen atoms in total. The van der Waals surface area contributed by atoms with Crippen molar-refractivity contribution in [2.75, 3.05) is 0 Å². The Labute approximate surface area is 113 Å². The Bertz CT molecular complexity index is 627. The summed E-state index contributed by atoms with van der Waals surface area (Å²) in [4.78, 5) is 15.0. The van der Waals surface area contributed by atoms with E-state index in [9.17, 15) is 4.79 Å². The zero-order chi connectivity index (χ0) is 13.1. The van der Waals surface area contributed by atoms with Crippen LogP contribution < -0.4 is 5.32 Å². The number of rotatable bonds is 3. The fourth-order valence-electron chi connectivity index (χ4n) is 1.71. The lowest BCUT2D eigenvalue weighted by Gasteiger charge is -2.08. The summed E-state index contributed by atoms with van der Waals surface area (Å²) in [6.07, 6.45) is 0.303. The van der Waals surface area contributed by atoms with E-state index in [1.54, 1.807) is 13.0 Å².